The van der Waals surface area contributed by atoms with Gasteiger partial charge in [0, 0.05) is 24.0 Å². The molecule has 3 heteroatoms. The van der Waals surface area contributed by atoms with E-state index in [4.69, 9.17) is 4.74 Å². The van der Waals surface area contributed by atoms with Crippen LogP contribution in [-0.4, -0.2) is 30.9 Å². The Morgan fingerprint density at radius 3 is 2.65 bits per heavy atom. The Morgan fingerprint density at radius 1 is 1.35 bits per heavy atom. The van der Waals surface area contributed by atoms with Crippen molar-refractivity contribution in [1.82, 2.24) is 4.90 Å². The van der Waals surface area contributed by atoms with Crippen LogP contribution in [0.15, 0.2) is 24.3 Å². The fourth-order valence-corrected chi connectivity index (χ4v) is 2.58. The molecule has 0 saturated heterocycles. The average molecular weight is 300 g/mol. The molecular weight excluding hydrogens is 278 g/mol. The lowest BCUT2D eigenvalue weighted by atomic mass is 10.1. The van der Waals surface area contributed by atoms with E-state index < -0.39 is 0 Å². The molecule has 1 aromatic rings. The predicted molar refractivity (Wildman–Crippen MR) is 76.9 cm³/mol. The van der Waals surface area contributed by atoms with Gasteiger partial charge in [0.25, 0.3) is 0 Å². The summed E-state index contributed by atoms with van der Waals surface area (Å²) < 4.78 is 5.37. The molecule has 1 atom stereocenters. The first kappa shape index (κ1) is 14.5. The Morgan fingerprint density at radius 2 is 2.06 bits per heavy atom. The summed E-state index contributed by atoms with van der Waals surface area (Å²) in [6.07, 6.45) is 1.21. The van der Waals surface area contributed by atoms with E-state index in [1.54, 1.807) is 7.11 Å². The molecular formula is C14H22BrNO. The third-order valence-corrected chi connectivity index (χ3v) is 3.91. The molecule has 0 spiro atoms. The van der Waals surface area contributed by atoms with Crippen LogP contribution < -0.4 is 4.74 Å². The molecule has 0 aliphatic carbocycles. The summed E-state index contributed by atoms with van der Waals surface area (Å²) in [5, 5.41) is 1.07. The maximum atomic E-state index is 5.37. The summed E-state index contributed by atoms with van der Waals surface area (Å²) in [7, 11) is 3.89. The molecule has 0 aliphatic heterocycles. The van der Waals surface area contributed by atoms with E-state index in [-0.39, 0.29) is 0 Å². The minimum absolute atomic E-state index is 0.717. The number of para-hydroxylation sites is 1. The second-order valence-electron chi connectivity index (χ2n) is 4.44. The second-order valence-corrected chi connectivity index (χ2v) is 5.08. The quantitative estimate of drug-likeness (QED) is 0.714. The molecule has 1 rings (SSSR count). The highest BCUT2D eigenvalue weighted by Crippen LogP contribution is 2.19. The number of ether oxygens (including phenoxy) is 1. The maximum Gasteiger partial charge on any atom is 0.123 e. The van der Waals surface area contributed by atoms with E-state index in [9.17, 15) is 0 Å². The number of hydrogen-bond donors (Lipinski definition) is 0. The van der Waals surface area contributed by atoms with Crippen LogP contribution >= 0.6 is 15.9 Å². The van der Waals surface area contributed by atoms with E-state index >= 15 is 0 Å². The second kappa shape index (κ2) is 7.72. The maximum absolute atomic E-state index is 5.37. The van der Waals surface area contributed by atoms with E-state index in [0.29, 0.717) is 0 Å². The van der Waals surface area contributed by atoms with Gasteiger partial charge >= 0.3 is 0 Å². The lowest BCUT2D eigenvalue weighted by molar-refractivity contribution is 0.273. The minimum atomic E-state index is 0.717. The third-order valence-electron chi connectivity index (χ3n) is 3.00. The number of halogens is 1. The number of alkyl halides is 1. The molecule has 1 unspecified atom stereocenters. The Kier molecular flexibility index (Phi) is 6.60. The van der Waals surface area contributed by atoms with Crippen molar-refractivity contribution in [3.63, 3.8) is 0 Å². The summed E-state index contributed by atoms with van der Waals surface area (Å²) in [6.45, 7) is 4.29. The minimum Gasteiger partial charge on any atom is -0.496 e. The van der Waals surface area contributed by atoms with E-state index in [2.05, 4.69) is 46.9 Å². The first-order chi connectivity index (χ1) is 8.21. The summed E-state index contributed by atoms with van der Waals surface area (Å²) in [5.41, 5.74) is 1.25. The van der Waals surface area contributed by atoms with Crippen molar-refractivity contribution in [2.45, 2.75) is 19.9 Å². The molecule has 0 fully saturated rings. The van der Waals surface area contributed by atoms with Crippen LogP contribution in [0.5, 0.6) is 5.75 Å². The topological polar surface area (TPSA) is 12.5 Å². The largest absolute Gasteiger partial charge is 0.496 e. The first-order valence-corrected chi connectivity index (χ1v) is 7.19. The predicted octanol–water partition coefficient (Wildman–Crippen LogP) is 3.55. The van der Waals surface area contributed by atoms with E-state index in [1.165, 1.54) is 12.0 Å². The molecule has 0 aromatic heterocycles. The van der Waals surface area contributed by atoms with Gasteiger partial charge in [-0.25, -0.2) is 0 Å². The van der Waals surface area contributed by atoms with Crippen LogP contribution in [0, 0.1) is 5.92 Å². The molecule has 0 radical (unpaired) electrons. The van der Waals surface area contributed by atoms with Crippen molar-refractivity contribution < 1.29 is 4.74 Å². The zero-order valence-electron chi connectivity index (χ0n) is 10.9. The molecule has 17 heavy (non-hydrogen) atoms. The Labute approximate surface area is 113 Å². The fraction of sp³-hybridized carbons (Fsp3) is 0.571. The lowest BCUT2D eigenvalue weighted by Crippen LogP contribution is -2.26. The summed E-state index contributed by atoms with van der Waals surface area (Å²) in [5.74, 6) is 1.70. The van der Waals surface area contributed by atoms with Crippen molar-refractivity contribution >= 4 is 15.9 Å². The monoisotopic (exact) mass is 299 g/mol. The van der Waals surface area contributed by atoms with Gasteiger partial charge in [0.1, 0.15) is 5.75 Å². The molecule has 0 N–H and O–H groups in total. The molecule has 96 valence electrons. The summed E-state index contributed by atoms with van der Waals surface area (Å²) >= 11 is 3.57. The van der Waals surface area contributed by atoms with Crippen LogP contribution in [0.1, 0.15) is 18.9 Å². The number of hydrogen-bond acceptors (Lipinski definition) is 2. The summed E-state index contributed by atoms with van der Waals surface area (Å²) in [6, 6.07) is 8.22. The lowest BCUT2D eigenvalue weighted by Gasteiger charge is -2.22. The van der Waals surface area contributed by atoms with Gasteiger partial charge in [0.2, 0.25) is 0 Å². The Bertz CT molecular complexity index is 326. The van der Waals surface area contributed by atoms with E-state index in [0.717, 1.165) is 30.1 Å². The van der Waals surface area contributed by atoms with Gasteiger partial charge in [0.15, 0.2) is 0 Å². The normalized spacial score (nSPS) is 12.8. The molecule has 0 amide bonds. The standard InChI is InChI=1S/C14H22BrNO/c1-4-12(9-15)10-16(2)11-13-7-5-6-8-14(13)17-3/h5-8,12H,4,9-11H2,1-3H3. The van der Waals surface area contributed by atoms with Crippen molar-refractivity contribution in [1.29, 1.82) is 0 Å². The highest BCUT2D eigenvalue weighted by molar-refractivity contribution is 9.09. The SMILES string of the molecule is CCC(CBr)CN(C)Cc1ccccc1OC. The van der Waals surface area contributed by atoms with Crippen molar-refractivity contribution in [3.05, 3.63) is 29.8 Å². The molecule has 2 nitrogen and oxygen atoms in total. The first-order valence-electron chi connectivity index (χ1n) is 6.07. The van der Waals surface area contributed by atoms with Crippen LogP contribution in [-0.2, 0) is 6.54 Å². The van der Waals surface area contributed by atoms with Crippen molar-refractivity contribution in [2.24, 2.45) is 5.92 Å². The van der Waals surface area contributed by atoms with Crippen LogP contribution in [0.4, 0.5) is 0 Å². The summed E-state index contributed by atoms with van der Waals surface area (Å²) in [4.78, 5) is 2.35. The van der Waals surface area contributed by atoms with Gasteiger partial charge in [0.05, 0.1) is 7.11 Å². The van der Waals surface area contributed by atoms with Gasteiger partial charge in [-0.05, 0) is 19.0 Å². The third kappa shape index (κ3) is 4.68. The van der Waals surface area contributed by atoms with Gasteiger partial charge < -0.3 is 9.64 Å². The highest BCUT2D eigenvalue weighted by Gasteiger charge is 2.10. The van der Waals surface area contributed by atoms with Crippen LogP contribution in [0.2, 0.25) is 0 Å². The van der Waals surface area contributed by atoms with Gasteiger partial charge in [-0.2, -0.15) is 0 Å². The zero-order valence-corrected chi connectivity index (χ0v) is 12.5. The number of methoxy groups -OCH3 is 1. The van der Waals surface area contributed by atoms with Crippen molar-refractivity contribution in [2.75, 3.05) is 26.0 Å². The zero-order chi connectivity index (χ0) is 12.7. The smallest absolute Gasteiger partial charge is 0.123 e. The highest BCUT2D eigenvalue weighted by atomic mass is 79.9. The van der Waals surface area contributed by atoms with Gasteiger partial charge in [-0.15, -0.1) is 0 Å². The Balaban J connectivity index is 2.58. The number of benzene rings is 1. The van der Waals surface area contributed by atoms with Gasteiger partial charge in [-0.1, -0.05) is 47.5 Å². The van der Waals surface area contributed by atoms with Crippen LogP contribution in [0.3, 0.4) is 0 Å². The molecule has 0 heterocycles. The Hall–Kier alpha value is -0.540. The van der Waals surface area contributed by atoms with Gasteiger partial charge in [-0.3, -0.25) is 0 Å². The number of rotatable bonds is 7. The number of nitrogens with zero attached hydrogens (tertiary/aromatic N) is 1. The molecule has 0 saturated carbocycles. The fourth-order valence-electron chi connectivity index (χ4n) is 1.92. The molecule has 0 aliphatic rings. The van der Waals surface area contributed by atoms with E-state index in [1.807, 2.05) is 12.1 Å². The van der Waals surface area contributed by atoms with Crippen molar-refractivity contribution in [3.8, 4) is 5.75 Å². The molecule has 0 bridgehead atoms. The van der Waals surface area contributed by atoms with Crippen LogP contribution in [0.25, 0.3) is 0 Å². The molecule has 1 aromatic carbocycles. The average Bonchev–Trinajstić information content (AvgIpc) is 2.36.